The summed E-state index contributed by atoms with van der Waals surface area (Å²) < 4.78 is 11.6. The lowest BCUT2D eigenvalue weighted by atomic mass is 10.2. The molecule has 2 aliphatic heterocycles. The smallest absolute Gasteiger partial charge is 0.280 e. The maximum absolute atomic E-state index is 13.0. The summed E-state index contributed by atoms with van der Waals surface area (Å²) in [6, 6.07) is 5.28. The minimum absolute atomic E-state index is 0.118. The van der Waals surface area contributed by atoms with Crippen LogP contribution in [0.15, 0.2) is 34.7 Å². The monoisotopic (exact) mass is 505 g/mol. The van der Waals surface area contributed by atoms with E-state index in [0.717, 1.165) is 31.7 Å². The molecular weight excluding hydrogens is 482 g/mol. The molecule has 2 aromatic rings. The quantitative estimate of drug-likeness (QED) is 0.451. The van der Waals surface area contributed by atoms with E-state index in [1.807, 2.05) is 5.01 Å². The van der Waals surface area contributed by atoms with E-state index < -0.39 is 0 Å². The van der Waals surface area contributed by atoms with E-state index in [-0.39, 0.29) is 18.4 Å². The number of rotatable bonds is 7. The van der Waals surface area contributed by atoms with E-state index in [0.29, 0.717) is 25.9 Å². The van der Waals surface area contributed by atoms with Gasteiger partial charge in [0.05, 0.1) is 12.0 Å². The Morgan fingerprint density at radius 2 is 2.06 bits per heavy atom. The Kier molecular flexibility index (Phi) is 7.60. The number of piperazine rings is 1. The summed E-state index contributed by atoms with van der Waals surface area (Å²) in [6.45, 7) is 3.10. The van der Waals surface area contributed by atoms with Crippen LogP contribution in [0.2, 0.25) is 0 Å². The van der Waals surface area contributed by atoms with E-state index in [4.69, 9.17) is 21.7 Å². The number of thiocarbonyl (C=S) groups is 1. The molecule has 0 atom stereocenters. The van der Waals surface area contributed by atoms with Gasteiger partial charge in [-0.2, -0.15) is 0 Å². The summed E-state index contributed by atoms with van der Waals surface area (Å²) in [6.07, 6.45) is 3.40. The normalized spacial score (nSPS) is 18.7. The molecule has 1 aromatic carbocycles. The van der Waals surface area contributed by atoms with Crippen molar-refractivity contribution in [1.82, 2.24) is 19.9 Å². The van der Waals surface area contributed by atoms with Crippen LogP contribution in [-0.4, -0.2) is 83.0 Å². The molecule has 0 radical (unpaired) electrons. The van der Waals surface area contributed by atoms with Gasteiger partial charge in [-0.3, -0.25) is 14.9 Å². The molecule has 2 aliphatic rings. The number of anilines is 1. The van der Waals surface area contributed by atoms with Gasteiger partial charge in [0, 0.05) is 37.8 Å². The van der Waals surface area contributed by atoms with Gasteiger partial charge in [-0.05, 0) is 30.8 Å². The number of hydrogen-bond acceptors (Lipinski definition) is 10. The van der Waals surface area contributed by atoms with Crippen molar-refractivity contribution >= 4 is 62.7 Å². The van der Waals surface area contributed by atoms with Crippen molar-refractivity contribution < 1.29 is 19.1 Å². The number of nitrogens with zero attached hydrogens (tertiary/aromatic N) is 4. The average Bonchev–Trinajstić information content (AvgIpc) is 3.41. The highest BCUT2D eigenvalue weighted by atomic mass is 32.2. The van der Waals surface area contributed by atoms with Crippen LogP contribution < -0.4 is 14.8 Å². The number of thiazole rings is 1. The van der Waals surface area contributed by atoms with Gasteiger partial charge >= 0.3 is 0 Å². The third-order valence-corrected chi connectivity index (χ3v) is 7.03. The van der Waals surface area contributed by atoms with Crippen molar-refractivity contribution in [2.75, 3.05) is 52.3 Å². The van der Waals surface area contributed by atoms with Crippen LogP contribution in [0.1, 0.15) is 5.56 Å². The first-order valence-electron chi connectivity index (χ1n) is 10.2. The summed E-state index contributed by atoms with van der Waals surface area (Å²) in [4.78, 5) is 31.8. The fraction of sp³-hybridized carbons (Fsp3) is 0.333. The van der Waals surface area contributed by atoms with E-state index in [2.05, 4.69) is 22.2 Å². The van der Waals surface area contributed by atoms with Gasteiger partial charge in [0.2, 0.25) is 0 Å². The Hall–Kier alpha value is -2.51. The molecule has 4 rings (SSSR count). The Balaban J connectivity index is 1.42. The molecule has 0 saturated carbocycles. The number of carbonyl (C=O) groups is 2. The van der Waals surface area contributed by atoms with Crippen molar-refractivity contribution in [3.8, 4) is 11.5 Å². The molecule has 2 amide bonds. The minimum Gasteiger partial charge on any atom is -0.493 e. The number of methoxy groups -OCH3 is 1. The van der Waals surface area contributed by atoms with Gasteiger partial charge in [0.15, 0.2) is 27.6 Å². The maximum Gasteiger partial charge on any atom is 0.280 e. The summed E-state index contributed by atoms with van der Waals surface area (Å²) in [5.74, 6) is 0.450. The fourth-order valence-electron chi connectivity index (χ4n) is 3.33. The van der Waals surface area contributed by atoms with Crippen LogP contribution in [0.3, 0.4) is 0 Å². The molecule has 1 N–H and O–H groups in total. The lowest BCUT2D eigenvalue weighted by molar-refractivity contribution is -0.135. The highest BCUT2D eigenvalue weighted by Crippen LogP contribution is 2.35. The Morgan fingerprint density at radius 1 is 1.27 bits per heavy atom. The minimum atomic E-state index is -0.316. The van der Waals surface area contributed by atoms with Crippen molar-refractivity contribution in [3.05, 3.63) is 40.2 Å². The van der Waals surface area contributed by atoms with E-state index >= 15 is 0 Å². The average molecular weight is 506 g/mol. The lowest BCUT2D eigenvalue weighted by Crippen LogP contribution is -2.54. The van der Waals surface area contributed by atoms with E-state index in [1.54, 1.807) is 40.9 Å². The number of aromatic nitrogens is 1. The van der Waals surface area contributed by atoms with Gasteiger partial charge < -0.3 is 14.4 Å². The molecule has 2 fully saturated rings. The number of hydrazine groups is 1. The number of nitrogens with one attached hydrogen (secondary N) is 1. The fourth-order valence-corrected chi connectivity index (χ4v) is 5.18. The Morgan fingerprint density at radius 3 is 2.76 bits per heavy atom. The Bertz CT molecular complexity index is 1070. The lowest BCUT2D eigenvalue weighted by Gasteiger charge is -2.37. The molecule has 174 valence electrons. The van der Waals surface area contributed by atoms with Gasteiger partial charge in [-0.15, -0.1) is 11.3 Å². The molecule has 0 bridgehead atoms. The number of ether oxygens (including phenoxy) is 2. The largest absolute Gasteiger partial charge is 0.493 e. The number of benzene rings is 1. The predicted octanol–water partition coefficient (Wildman–Crippen LogP) is 2.53. The zero-order chi connectivity index (χ0) is 23.4. The van der Waals surface area contributed by atoms with Crippen molar-refractivity contribution in [3.63, 3.8) is 0 Å². The molecular formula is C21H23N5O4S3. The summed E-state index contributed by atoms with van der Waals surface area (Å²) in [5, 5.41) is 8.56. The topological polar surface area (TPSA) is 87.2 Å². The highest BCUT2D eigenvalue weighted by molar-refractivity contribution is 8.26. The standard InChI is InChI=1S/C21H23N5O4S3/c1-24-6-8-25(9-7-24)26-19(28)17(33-21(26)31)12-14-3-4-15(16(11-14)29-2)30-13-18(27)23-20-22-5-10-32-20/h3-5,10-12H,6-9,13H2,1-2H3,(H,22,23,27)/b17-12-. The molecule has 33 heavy (non-hydrogen) atoms. The first kappa shape index (κ1) is 23.6. The van der Waals surface area contributed by atoms with Gasteiger partial charge in [-0.1, -0.05) is 30.0 Å². The molecule has 0 unspecified atom stereocenters. The second-order valence-electron chi connectivity index (χ2n) is 7.33. The third-order valence-electron chi connectivity index (χ3n) is 5.06. The number of hydrogen-bond donors (Lipinski definition) is 1. The summed E-state index contributed by atoms with van der Waals surface area (Å²) >= 11 is 8.09. The van der Waals surface area contributed by atoms with Crippen LogP contribution in [-0.2, 0) is 9.59 Å². The Labute approximate surface area is 205 Å². The first-order valence-corrected chi connectivity index (χ1v) is 12.3. The molecule has 12 heteroatoms. The zero-order valence-corrected chi connectivity index (χ0v) is 20.6. The first-order chi connectivity index (χ1) is 15.9. The second kappa shape index (κ2) is 10.6. The van der Waals surface area contributed by atoms with Crippen LogP contribution in [0.4, 0.5) is 5.13 Å². The molecule has 0 spiro atoms. The van der Waals surface area contributed by atoms with Crippen molar-refractivity contribution in [1.29, 1.82) is 0 Å². The second-order valence-corrected chi connectivity index (χ2v) is 9.91. The van der Waals surface area contributed by atoms with Crippen LogP contribution in [0.5, 0.6) is 11.5 Å². The maximum atomic E-state index is 13.0. The van der Waals surface area contributed by atoms with Gasteiger partial charge in [-0.25, -0.2) is 15.0 Å². The molecule has 2 saturated heterocycles. The van der Waals surface area contributed by atoms with E-state index in [9.17, 15) is 9.59 Å². The number of amides is 2. The predicted molar refractivity (Wildman–Crippen MR) is 133 cm³/mol. The summed E-state index contributed by atoms with van der Waals surface area (Å²) in [5.41, 5.74) is 0.769. The van der Waals surface area contributed by atoms with Crippen LogP contribution in [0, 0.1) is 0 Å². The van der Waals surface area contributed by atoms with E-state index in [1.165, 1.54) is 30.2 Å². The number of carbonyl (C=O) groups excluding carboxylic acids is 2. The molecule has 0 aliphatic carbocycles. The summed E-state index contributed by atoms with van der Waals surface area (Å²) in [7, 11) is 3.59. The van der Waals surface area contributed by atoms with Crippen LogP contribution >= 0.6 is 35.3 Å². The molecule has 1 aromatic heterocycles. The highest BCUT2D eigenvalue weighted by Gasteiger charge is 2.37. The van der Waals surface area contributed by atoms with Crippen LogP contribution in [0.25, 0.3) is 6.08 Å². The number of thioether (sulfide) groups is 1. The van der Waals surface area contributed by atoms with Crippen molar-refractivity contribution in [2.24, 2.45) is 0 Å². The van der Waals surface area contributed by atoms with Crippen molar-refractivity contribution in [2.45, 2.75) is 0 Å². The third kappa shape index (κ3) is 5.71. The SMILES string of the molecule is COc1cc(/C=C2\SC(=S)N(N3CCN(C)CC3)C2=O)ccc1OCC(=O)Nc1nccs1. The zero-order valence-electron chi connectivity index (χ0n) is 18.1. The number of likely N-dealkylation sites (N-methyl/N-ethyl adjacent to an activating group) is 1. The van der Waals surface area contributed by atoms with Gasteiger partial charge in [0.1, 0.15) is 0 Å². The van der Waals surface area contributed by atoms with Gasteiger partial charge in [0.25, 0.3) is 11.8 Å². The molecule has 9 nitrogen and oxygen atoms in total. The molecule has 3 heterocycles.